The van der Waals surface area contributed by atoms with E-state index in [9.17, 15) is 4.79 Å². The van der Waals surface area contributed by atoms with Crippen molar-refractivity contribution in [3.05, 3.63) is 46.8 Å². The maximum atomic E-state index is 12.3. The second-order valence-corrected chi connectivity index (χ2v) is 5.90. The van der Waals surface area contributed by atoms with Crippen LogP contribution in [0.4, 0.5) is 5.69 Å². The lowest BCUT2D eigenvalue weighted by Gasteiger charge is -2.19. The van der Waals surface area contributed by atoms with Gasteiger partial charge in [-0.2, -0.15) is 0 Å². The summed E-state index contributed by atoms with van der Waals surface area (Å²) in [4.78, 5) is 12.3. The maximum absolute atomic E-state index is 12.3. The van der Waals surface area contributed by atoms with Gasteiger partial charge in [0.1, 0.15) is 5.76 Å². The fraction of sp³-hybridized carbons (Fsp3) is 0.412. The van der Waals surface area contributed by atoms with E-state index in [4.69, 9.17) is 4.52 Å². The van der Waals surface area contributed by atoms with Crippen LogP contribution in [0.15, 0.2) is 28.8 Å². The van der Waals surface area contributed by atoms with Gasteiger partial charge in [0.2, 0.25) is 0 Å². The van der Waals surface area contributed by atoms with Crippen LogP contribution in [0.3, 0.4) is 0 Å². The van der Waals surface area contributed by atoms with Crippen LogP contribution in [-0.4, -0.2) is 11.1 Å². The maximum Gasteiger partial charge on any atom is 0.277 e. The topological polar surface area (TPSA) is 55.1 Å². The molecule has 1 amide bonds. The normalized spacial score (nSPS) is 11.2. The number of anilines is 1. The summed E-state index contributed by atoms with van der Waals surface area (Å²) in [5.41, 5.74) is 3.47. The van der Waals surface area contributed by atoms with Crippen LogP contribution in [0, 0.1) is 6.92 Å². The molecule has 0 bridgehead atoms. The average Bonchev–Trinajstić information content (AvgIpc) is 2.85. The van der Waals surface area contributed by atoms with Crippen molar-refractivity contribution in [1.29, 1.82) is 0 Å². The number of rotatable bonds is 4. The van der Waals surface area contributed by atoms with E-state index in [1.54, 1.807) is 13.0 Å². The van der Waals surface area contributed by atoms with Gasteiger partial charge in [-0.15, -0.1) is 0 Å². The summed E-state index contributed by atoms with van der Waals surface area (Å²) in [6, 6.07) is 7.79. The van der Waals surface area contributed by atoms with E-state index in [1.165, 1.54) is 0 Å². The van der Waals surface area contributed by atoms with Gasteiger partial charge >= 0.3 is 0 Å². The quantitative estimate of drug-likeness (QED) is 0.901. The zero-order chi connectivity index (χ0) is 15.6. The number of aromatic nitrogens is 1. The predicted octanol–water partition coefficient (Wildman–Crippen LogP) is 4.48. The number of nitrogens with zero attached hydrogens (tertiary/aromatic N) is 1. The van der Waals surface area contributed by atoms with E-state index in [1.807, 2.05) is 6.07 Å². The Morgan fingerprint density at radius 3 is 2.14 bits per heavy atom. The van der Waals surface area contributed by atoms with E-state index in [0.717, 1.165) is 16.8 Å². The van der Waals surface area contributed by atoms with Crippen LogP contribution in [0.5, 0.6) is 0 Å². The highest BCUT2D eigenvalue weighted by Crippen LogP contribution is 2.32. The first kappa shape index (κ1) is 15.3. The Kier molecular flexibility index (Phi) is 4.46. The number of para-hydroxylation sites is 1. The average molecular weight is 286 g/mol. The number of aryl methyl sites for hydroxylation is 1. The lowest BCUT2D eigenvalue weighted by Crippen LogP contribution is -2.16. The number of carbonyl (C=O) groups is 1. The highest BCUT2D eigenvalue weighted by Gasteiger charge is 2.18. The molecule has 112 valence electrons. The van der Waals surface area contributed by atoms with Gasteiger partial charge in [-0.05, 0) is 29.9 Å². The largest absolute Gasteiger partial charge is 0.361 e. The van der Waals surface area contributed by atoms with E-state index in [0.29, 0.717) is 23.3 Å². The van der Waals surface area contributed by atoms with Crippen molar-refractivity contribution in [3.8, 4) is 0 Å². The fourth-order valence-corrected chi connectivity index (χ4v) is 2.35. The minimum atomic E-state index is -0.234. The molecule has 0 atom stereocenters. The van der Waals surface area contributed by atoms with Crippen LogP contribution in [0.1, 0.15) is 66.9 Å². The van der Waals surface area contributed by atoms with Gasteiger partial charge in [-0.3, -0.25) is 4.79 Å². The smallest absolute Gasteiger partial charge is 0.277 e. The molecule has 1 aromatic heterocycles. The van der Waals surface area contributed by atoms with Gasteiger partial charge in [0.05, 0.1) is 0 Å². The minimum Gasteiger partial charge on any atom is -0.361 e. The van der Waals surface area contributed by atoms with Crippen LogP contribution >= 0.6 is 0 Å². The Bertz CT molecular complexity index is 616. The van der Waals surface area contributed by atoms with Crippen LogP contribution in [0.2, 0.25) is 0 Å². The molecule has 0 saturated heterocycles. The molecule has 4 nitrogen and oxygen atoms in total. The molecule has 0 saturated carbocycles. The summed E-state index contributed by atoms with van der Waals surface area (Å²) < 4.78 is 4.97. The Balaban J connectivity index is 2.39. The summed E-state index contributed by atoms with van der Waals surface area (Å²) >= 11 is 0. The number of benzene rings is 1. The zero-order valence-electron chi connectivity index (χ0n) is 13.2. The van der Waals surface area contributed by atoms with Gasteiger partial charge in [-0.1, -0.05) is 51.1 Å². The van der Waals surface area contributed by atoms with Crippen molar-refractivity contribution < 1.29 is 9.32 Å². The molecule has 0 radical (unpaired) electrons. The van der Waals surface area contributed by atoms with E-state index in [2.05, 4.69) is 50.3 Å². The second-order valence-electron chi connectivity index (χ2n) is 5.90. The molecule has 2 aromatic rings. The lowest BCUT2D eigenvalue weighted by molar-refractivity contribution is 0.101. The molecule has 1 N–H and O–H groups in total. The van der Waals surface area contributed by atoms with Crippen molar-refractivity contribution in [2.45, 2.75) is 46.5 Å². The second kappa shape index (κ2) is 6.12. The Hall–Kier alpha value is -2.10. The third kappa shape index (κ3) is 3.32. The predicted molar refractivity (Wildman–Crippen MR) is 83.8 cm³/mol. The third-order valence-electron chi connectivity index (χ3n) is 3.47. The SMILES string of the molecule is Cc1cc(C(=O)Nc2c(C(C)C)cccc2C(C)C)no1. The highest BCUT2D eigenvalue weighted by atomic mass is 16.5. The molecule has 1 heterocycles. The summed E-state index contributed by atoms with van der Waals surface area (Å²) in [5, 5.41) is 6.78. The first-order chi connectivity index (χ1) is 9.90. The van der Waals surface area contributed by atoms with Crippen molar-refractivity contribution in [3.63, 3.8) is 0 Å². The van der Waals surface area contributed by atoms with Gasteiger partial charge in [0.15, 0.2) is 5.69 Å². The number of carbonyl (C=O) groups excluding carboxylic acids is 1. The highest BCUT2D eigenvalue weighted by molar-refractivity contribution is 6.03. The van der Waals surface area contributed by atoms with E-state index in [-0.39, 0.29) is 5.91 Å². The molecule has 21 heavy (non-hydrogen) atoms. The Morgan fingerprint density at radius 2 is 1.71 bits per heavy atom. The fourth-order valence-electron chi connectivity index (χ4n) is 2.35. The molecule has 0 aliphatic carbocycles. The van der Waals surface area contributed by atoms with Crippen molar-refractivity contribution >= 4 is 11.6 Å². The summed E-state index contributed by atoms with van der Waals surface area (Å²) in [7, 11) is 0. The number of nitrogens with one attached hydrogen (secondary N) is 1. The first-order valence-corrected chi connectivity index (χ1v) is 7.27. The lowest BCUT2D eigenvalue weighted by atomic mass is 9.92. The Labute approximate surface area is 125 Å². The van der Waals surface area contributed by atoms with Gasteiger partial charge in [0, 0.05) is 11.8 Å². The molecular weight excluding hydrogens is 264 g/mol. The molecule has 0 spiro atoms. The van der Waals surface area contributed by atoms with E-state index >= 15 is 0 Å². The molecule has 0 aliphatic heterocycles. The molecule has 2 rings (SSSR count). The number of hydrogen-bond donors (Lipinski definition) is 1. The van der Waals surface area contributed by atoms with Crippen molar-refractivity contribution in [1.82, 2.24) is 5.16 Å². The number of hydrogen-bond acceptors (Lipinski definition) is 3. The van der Waals surface area contributed by atoms with Gasteiger partial charge in [-0.25, -0.2) is 0 Å². The molecule has 0 unspecified atom stereocenters. The molecule has 4 heteroatoms. The summed E-state index contributed by atoms with van der Waals surface area (Å²) in [6.07, 6.45) is 0. The minimum absolute atomic E-state index is 0.234. The van der Waals surface area contributed by atoms with Crippen LogP contribution in [-0.2, 0) is 0 Å². The summed E-state index contributed by atoms with van der Waals surface area (Å²) in [6.45, 7) is 10.3. The van der Waals surface area contributed by atoms with Crippen LogP contribution < -0.4 is 5.32 Å². The monoisotopic (exact) mass is 286 g/mol. The van der Waals surface area contributed by atoms with Crippen molar-refractivity contribution in [2.75, 3.05) is 5.32 Å². The zero-order valence-corrected chi connectivity index (χ0v) is 13.2. The molecular formula is C17H22N2O2. The molecule has 0 fully saturated rings. The number of amides is 1. The molecule has 0 aliphatic rings. The summed E-state index contributed by atoms with van der Waals surface area (Å²) in [5.74, 6) is 1.05. The van der Waals surface area contributed by atoms with Gasteiger partial charge in [0.25, 0.3) is 5.91 Å². The van der Waals surface area contributed by atoms with E-state index < -0.39 is 0 Å². The molecule has 1 aromatic carbocycles. The first-order valence-electron chi connectivity index (χ1n) is 7.27. The Morgan fingerprint density at radius 1 is 1.14 bits per heavy atom. The third-order valence-corrected chi connectivity index (χ3v) is 3.47. The van der Waals surface area contributed by atoms with Crippen molar-refractivity contribution in [2.24, 2.45) is 0 Å². The standard InChI is InChI=1S/C17H22N2O2/c1-10(2)13-7-6-8-14(11(3)4)16(13)18-17(20)15-9-12(5)21-19-15/h6-11H,1-5H3,(H,18,20). The van der Waals surface area contributed by atoms with Crippen LogP contribution in [0.25, 0.3) is 0 Å². The van der Waals surface area contributed by atoms with Gasteiger partial charge < -0.3 is 9.84 Å².